The standard InChI is InChI=1S/C15H12N4O/c16-6-10(7-17)8-18-14-3-1-2-12-13(14)9-19(15(12)20)11-4-5-11/h1-3,8,11,18H,4-5,9H2. The molecule has 2 aliphatic rings. The van der Waals surface area contributed by atoms with E-state index < -0.39 is 0 Å². The van der Waals surface area contributed by atoms with Crippen LogP contribution in [-0.4, -0.2) is 16.8 Å². The molecule has 0 atom stereocenters. The summed E-state index contributed by atoms with van der Waals surface area (Å²) in [6.07, 6.45) is 3.53. The van der Waals surface area contributed by atoms with Gasteiger partial charge in [0.2, 0.25) is 0 Å². The molecule has 0 saturated heterocycles. The van der Waals surface area contributed by atoms with Crippen molar-refractivity contribution in [1.29, 1.82) is 10.5 Å². The number of nitrogens with one attached hydrogen (secondary N) is 1. The van der Waals surface area contributed by atoms with Crippen molar-refractivity contribution in [2.24, 2.45) is 0 Å². The first kappa shape index (κ1) is 12.3. The Hall–Kier alpha value is -2.79. The smallest absolute Gasteiger partial charge is 0.254 e. The minimum atomic E-state index is 0.00553. The van der Waals surface area contributed by atoms with Crippen molar-refractivity contribution in [3.63, 3.8) is 0 Å². The molecule has 5 heteroatoms. The fourth-order valence-corrected chi connectivity index (χ4v) is 2.41. The lowest BCUT2D eigenvalue weighted by molar-refractivity contribution is 0.0767. The van der Waals surface area contributed by atoms with Crippen molar-refractivity contribution in [2.75, 3.05) is 5.32 Å². The Kier molecular flexibility index (Phi) is 2.89. The molecule has 1 amide bonds. The summed E-state index contributed by atoms with van der Waals surface area (Å²) in [7, 11) is 0. The Balaban J connectivity index is 1.89. The molecule has 20 heavy (non-hydrogen) atoms. The van der Waals surface area contributed by atoms with E-state index in [-0.39, 0.29) is 11.5 Å². The lowest BCUT2D eigenvalue weighted by Gasteiger charge is -2.13. The summed E-state index contributed by atoms with van der Waals surface area (Å²) in [6.45, 7) is 0.601. The lowest BCUT2D eigenvalue weighted by Crippen LogP contribution is -2.25. The van der Waals surface area contributed by atoms with Crippen molar-refractivity contribution < 1.29 is 4.79 Å². The Morgan fingerprint density at radius 3 is 2.75 bits per heavy atom. The SMILES string of the molecule is N#CC(C#N)=CNc1cccc2c1CN(C1CC1)C2=O. The van der Waals surface area contributed by atoms with Crippen molar-refractivity contribution in [3.05, 3.63) is 41.1 Å². The molecular weight excluding hydrogens is 252 g/mol. The van der Waals surface area contributed by atoms with Gasteiger partial charge in [0, 0.05) is 35.6 Å². The fraction of sp³-hybridized carbons (Fsp3) is 0.267. The van der Waals surface area contributed by atoms with Crippen LogP contribution in [0.5, 0.6) is 0 Å². The molecule has 0 aromatic heterocycles. The zero-order valence-electron chi connectivity index (χ0n) is 10.8. The Bertz CT molecular complexity index is 673. The molecule has 1 N–H and O–H groups in total. The molecule has 1 aromatic rings. The molecule has 0 spiro atoms. The third-order valence-electron chi connectivity index (χ3n) is 3.60. The van der Waals surface area contributed by atoms with Gasteiger partial charge in [-0.2, -0.15) is 10.5 Å². The number of benzene rings is 1. The number of carbonyl (C=O) groups excluding carboxylic acids is 1. The van der Waals surface area contributed by atoms with Crippen LogP contribution in [-0.2, 0) is 6.54 Å². The van der Waals surface area contributed by atoms with Crippen molar-refractivity contribution in [1.82, 2.24) is 4.90 Å². The van der Waals surface area contributed by atoms with Crippen LogP contribution in [0, 0.1) is 22.7 Å². The quantitative estimate of drug-likeness (QED) is 0.848. The van der Waals surface area contributed by atoms with E-state index in [0.29, 0.717) is 18.2 Å². The van der Waals surface area contributed by atoms with Gasteiger partial charge in [-0.25, -0.2) is 0 Å². The summed E-state index contributed by atoms with van der Waals surface area (Å²) in [5, 5.41) is 20.4. The number of carbonyl (C=O) groups is 1. The van der Waals surface area contributed by atoms with Gasteiger partial charge in [-0.1, -0.05) is 6.07 Å². The van der Waals surface area contributed by atoms with Gasteiger partial charge in [0.1, 0.15) is 17.7 Å². The maximum absolute atomic E-state index is 12.3. The minimum Gasteiger partial charge on any atom is -0.360 e. The molecule has 1 aliphatic heterocycles. The van der Waals surface area contributed by atoms with Gasteiger partial charge in [-0.3, -0.25) is 4.79 Å². The number of allylic oxidation sites excluding steroid dienone is 1. The van der Waals surface area contributed by atoms with Gasteiger partial charge in [0.15, 0.2) is 0 Å². The molecule has 5 nitrogen and oxygen atoms in total. The van der Waals surface area contributed by atoms with Crippen LogP contribution < -0.4 is 5.32 Å². The van der Waals surface area contributed by atoms with Crippen molar-refractivity contribution in [2.45, 2.75) is 25.4 Å². The average molecular weight is 264 g/mol. The van der Waals surface area contributed by atoms with Crippen LogP contribution in [0.4, 0.5) is 5.69 Å². The summed E-state index contributed by atoms with van der Waals surface area (Å²) in [5.74, 6) is 0.0796. The normalized spacial score (nSPS) is 16.1. The molecule has 0 bridgehead atoms. The Labute approximate surface area is 116 Å². The molecule has 1 heterocycles. The lowest BCUT2D eigenvalue weighted by atomic mass is 10.1. The van der Waals surface area contributed by atoms with E-state index in [0.717, 1.165) is 24.1 Å². The number of rotatable bonds is 3. The summed E-state index contributed by atoms with van der Waals surface area (Å²) in [4.78, 5) is 14.2. The van der Waals surface area contributed by atoms with E-state index in [1.54, 1.807) is 12.1 Å². The van der Waals surface area contributed by atoms with Crippen LogP contribution in [0.15, 0.2) is 30.0 Å². The molecule has 1 aliphatic carbocycles. The predicted molar refractivity (Wildman–Crippen MR) is 72.3 cm³/mol. The van der Waals surface area contributed by atoms with Gasteiger partial charge in [0.25, 0.3) is 5.91 Å². The Morgan fingerprint density at radius 1 is 1.35 bits per heavy atom. The van der Waals surface area contributed by atoms with Gasteiger partial charge in [-0.05, 0) is 25.0 Å². The van der Waals surface area contributed by atoms with E-state index >= 15 is 0 Å². The third-order valence-corrected chi connectivity index (χ3v) is 3.60. The van der Waals surface area contributed by atoms with Crippen LogP contribution >= 0.6 is 0 Å². The maximum Gasteiger partial charge on any atom is 0.254 e. The number of hydrogen-bond donors (Lipinski definition) is 1. The summed E-state index contributed by atoms with van der Waals surface area (Å²) in [5.41, 5.74) is 2.44. The van der Waals surface area contributed by atoms with Crippen molar-refractivity contribution in [3.8, 4) is 12.1 Å². The largest absolute Gasteiger partial charge is 0.360 e. The zero-order chi connectivity index (χ0) is 14.1. The van der Waals surface area contributed by atoms with E-state index in [9.17, 15) is 4.79 Å². The molecule has 1 saturated carbocycles. The molecule has 1 aromatic carbocycles. The average Bonchev–Trinajstić information content (AvgIpc) is 3.25. The minimum absolute atomic E-state index is 0.00553. The second-order valence-corrected chi connectivity index (χ2v) is 4.92. The maximum atomic E-state index is 12.3. The van der Waals surface area contributed by atoms with Gasteiger partial charge >= 0.3 is 0 Å². The molecule has 3 rings (SSSR count). The first-order chi connectivity index (χ1) is 9.74. The molecule has 0 unspecified atom stereocenters. The number of anilines is 1. The number of nitriles is 2. The first-order valence-electron chi connectivity index (χ1n) is 6.44. The van der Waals surface area contributed by atoms with E-state index in [2.05, 4.69) is 5.32 Å². The molecule has 1 fully saturated rings. The fourth-order valence-electron chi connectivity index (χ4n) is 2.41. The molecule has 0 radical (unpaired) electrons. The van der Waals surface area contributed by atoms with Crippen LogP contribution in [0.25, 0.3) is 0 Å². The first-order valence-corrected chi connectivity index (χ1v) is 6.44. The van der Waals surface area contributed by atoms with Gasteiger partial charge in [0.05, 0.1) is 0 Å². The van der Waals surface area contributed by atoms with Gasteiger partial charge < -0.3 is 10.2 Å². The topological polar surface area (TPSA) is 79.9 Å². The van der Waals surface area contributed by atoms with E-state index in [1.807, 2.05) is 23.1 Å². The monoisotopic (exact) mass is 264 g/mol. The summed E-state index contributed by atoms with van der Waals surface area (Å²) in [6, 6.07) is 9.46. The molecule has 98 valence electrons. The summed E-state index contributed by atoms with van der Waals surface area (Å²) >= 11 is 0. The second-order valence-electron chi connectivity index (χ2n) is 4.92. The second kappa shape index (κ2) is 4.71. The number of fused-ring (bicyclic) bond motifs is 1. The number of amides is 1. The number of nitrogens with zero attached hydrogens (tertiary/aromatic N) is 3. The van der Waals surface area contributed by atoms with Crippen LogP contribution in [0.3, 0.4) is 0 Å². The zero-order valence-corrected chi connectivity index (χ0v) is 10.8. The summed E-state index contributed by atoms with van der Waals surface area (Å²) < 4.78 is 0. The highest BCUT2D eigenvalue weighted by Crippen LogP contribution is 2.37. The Morgan fingerprint density at radius 2 is 2.10 bits per heavy atom. The van der Waals surface area contributed by atoms with Crippen molar-refractivity contribution >= 4 is 11.6 Å². The van der Waals surface area contributed by atoms with Gasteiger partial charge in [-0.15, -0.1) is 0 Å². The number of hydrogen-bond acceptors (Lipinski definition) is 4. The highest BCUT2D eigenvalue weighted by atomic mass is 16.2. The predicted octanol–water partition coefficient (Wildman–Crippen LogP) is 2.15. The van der Waals surface area contributed by atoms with Crippen LogP contribution in [0.1, 0.15) is 28.8 Å². The highest BCUT2D eigenvalue weighted by Gasteiger charge is 2.38. The third kappa shape index (κ3) is 2.00. The molecular formula is C15H12N4O. The van der Waals surface area contributed by atoms with E-state index in [4.69, 9.17) is 10.5 Å². The van der Waals surface area contributed by atoms with Crippen LogP contribution in [0.2, 0.25) is 0 Å². The highest BCUT2D eigenvalue weighted by molar-refractivity contribution is 6.00. The van der Waals surface area contributed by atoms with E-state index in [1.165, 1.54) is 6.20 Å².